The molecular weight excluding hydrogens is 254 g/mol. The highest BCUT2D eigenvalue weighted by Crippen LogP contribution is 2.26. The lowest BCUT2D eigenvalue weighted by molar-refractivity contribution is -0.126. The number of hydrogen-bond donors (Lipinski definition) is 3. The third kappa shape index (κ3) is 3.57. The summed E-state index contributed by atoms with van der Waals surface area (Å²) in [7, 11) is 0. The molecule has 1 aliphatic carbocycles. The lowest BCUT2D eigenvalue weighted by atomic mass is 9.98. The molecule has 0 spiro atoms. The molecule has 5 heteroatoms. The molecule has 1 fully saturated rings. The molecule has 4 N–H and O–H groups in total. The number of carbonyl (C=O) groups excluding carboxylic acids is 2. The Kier molecular flexibility index (Phi) is 4.74. The summed E-state index contributed by atoms with van der Waals surface area (Å²) in [5, 5.41) is 5.56. The summed E-state index contributed by atoms with van der Waals surface area (Å²) >= 11 is 0. The number of nitrogens with one attached hydrogen (secondary N) is 2. The minimum atomic E-state index is -0.705. The molecule has 1 aliphatic rings. The van der Waals surface area contributed by atoms with Crippen LogP contribution in [0, 0.1) is 0 Å². The van der Waals surface area contributed by atoms with Crippen molar-refractivity contribution in [2.75, 3.05) is 13.1 Å². The van der Waals surface area contributed by atoms with Gasteiger partial charge in [0.25, 0.3) is 5.91 Å². The van der Waals surface area contributed by atoms with Crippen molar-refractivity contribution < 1.29 is 9.59 Å². The van der Waals surface area contributed by atoms with Crippen LogP contribution in [0.3, 0.4) is 0 Å². The summed E-state index contributed by atoms with van der Waals surface area (Å²) in [6, 6.07) is 8.99. The topological polar surface area (TPSA) is 84.2 Å². The Morgan fingerprint density at radius 2 is 1.65 bits per heavy atom. The zero-order chi connectivity index (χ0) is 14.4. The van der Waals surface area contributed by atoms with Crippen LogP contribution in [-0.2, 0) is 4.79 Å². The lowest BCUT2D eigenvalue weighted by Gasteiger charge is -2.22. The van der Waals surface area contributed by atoms with Gasteiger partial charge in [0.1, 0.15) is 0 Å². The highest BCUT2D eigenvalue weighted by atomic mass is 16.2. The predicted octanol–water partition coefficient (Wildman–Crippen LogP) is 0.804. The van der Waals surface area contributed by atoms with Crippen molar-refractivity contribution in [3.63, 3.8) is 0 Å². The second kappa shape index (κ2) is 6.52. The van der Waals surface area contributed by atoms with E-state index in [1.807, 2.05) is 18.2 Å². The van der Waals surface area contributed by atoms with Gasteiger partial charge in [-0.1, -0.05) is 31.0 Å². The molecule has 0 aromatic heterocycles. The number of benzene rings is 1. The summed E-state index contributed by atoms with van der Waals surface area (Å²) in [5.41, 5.74) is 5.95. The molecule has 20 heavy (non-hydrogen) atoms. The molecule has 1 aromatic carbocycles. The van der Waals surface area contributed by atoms with Crippen LogP contribution in [0.25, 0.3) is 0 Å². The van der Waals surface area contributed by atoms with Gasteiger partial charge in [-0.2, -0.15) is 0 Å². The molecule has 0 unspecified atom stereocenters. The quantitative estimate of drug-likeness (QED) is 0.695. The molecular formula is C15H21N3O2. The van der Waals surface area contributed by atoms with Crippen molar-refractivity contribution in [1.82, 2.24) is 10.6 Å². The van der Waals surface area contributed by atoms with E-state index in [0.29, 0.717) is 18.7 Å². The fraction of sp³-hybridized carbons (Fsp3) is 0.467. The monoisotopic (exact) mass is 275 g/mol. The number of nitrogens with two attached hydrogens (primary N) is 1. The van der Waals surface area contributed by atoms with Gasteiger partial charge in [0.2, 0.25) is 5.91 Å². The van der Waals surface area contributed by atoms with Gasteiger partial charge < -0.3 is 16.4 Å². The van der Waals surface area contributed by atoms with E-state index in [1.54, 1.807) is 12.1 Å². The van der Waals surface area contributed by atoms with Crippen LogP contribution in [0.2, 0.25) is 0 Å². The van der Waals surface area contributed by atoms with Crippen LogP contribution in [0.1, 0.15) is 36.0 Å². The Hall–Kier alpha value is -1.88. The lowest BCUT2D eigenvalue weighted by Crippen LogP contribution is -2.53. The maximum Gasteiger partial charge on any atom is 0.251 e. The fourth-order valence-corrected chi connectivity index (χ4v) is 2.45. The largest absolute Gasteiger partial charge is 0.353 e. The SMILES string of the molecule is NC1(C(=O)NCCNC(=O)c2ccccc2)CCCC1. The minimum Gasteiger partial charge on any atom is -0.353 e. The number of amides is 2. The van der Waals surface area contributed by atoms with Gasteiger partial charge in [0, 0.05) is 18.7 Å². The Labute approximate surface area is 118 Å². The molecule has 0 bridgehead atoms. The molecule has 1 aromatic rings. The van der Waals surface area contributed by atoms with E-state index < -0.39 is 5.54 Å². The van der Waals surface area contributed by atoms with Crippen molar-refractivity contribution >= 4 is 11.8 Å². The van der Waals surface area contributed by atoms with Crippen molar-refractivity contribution in [1.29, 1.82) is 0 Å². The predicted molar refractivity (Wildman–Crippen MR) is 77.2 cm³/mol. The smallest absolute Gasteiger partial charge is 0.251 e. The highest BCUT2D eigenvalue weighted by molar-refractivity contribution is 5.94. The maximum atomic E-state index is 11.9. The minimum absolute atomic E-state index is 0.107. The van der Waals surface area contributed by atoms with Gasteiger partial charge in [0.15, 0.2) is 0 Å². The third-order valence-corrected chi connectivity index (χ3v) is 3.68. The molecule has 0 aliphatic heterocycles. The van der Waals surface area contributed by atoms with Gasteiger partial charge >= 0.3 is 0 Å². The first kappa shape index (κ1) is 14.5. The van der Waals surface area contributed by atoms with Crippen molar-refractivity contribution in [2.45, 2.75) is 31.2 Å². The second-order valence-corrected chi connectivity index (χ2v) is 5.24. The first-order chi connectivity index (χ1) is 9.62. The van der Waals surface area contributed by atoms with E-state index in [4.69, 9.17) is 5.73 Å². The van der Waals surface area contributed by atoms with Gasteiger partial charge in [-0.15, -0.1) is 0 Å². The molecule has 0 heterocycles. The van der Waals surface area contributed by atoms with E-state index in [-0.39, 0.29) is 11.8 Å². The van der Waals surface area contributed by atoms with Crippen LogP contribution in [0.15, 0.2) is 30.3 Å². The van der Waals surface area contributed by atoms with E-state index in [9.17, 15) is 9.59 Å². The van der Waals surface area contributed by atoms with Crippen LogP contribution >= 0.6 is 0 Å². The molecule has 0 atom stereocenters. The van der Waals surface area contributed by atoms with Crippen LogP contribution in [0.4, 0.5) is 0 Å². The van der Waals surface area contributed by atoms with Crippen molar-refractivity contribution in [3.05, 3.63) is 35.9 Å². The van der Waals surface area contributed by atoms with E-state index in [2.05, 4.69) is 10.6 Å². The first-order valence-corrected chi connectivity index (χ1v) is 7.02. The number of hydrogen-bond acceptors (Lipinski definition) is 3. The van der Waals surface area contributed by atoms with Gasteiger partial charge in [-0.3, -0.25) is 9.59 Å². The third-order valence-electron chi connectivity index (χ3n) is 3.68. The summed E-state index contributed by atoms with van der Waals surface area (Å²) in [5.74, 6) is -0.243. The summed E-state index contributed by atoms with van der Waals surface area (Å²) < 4.78 is 0. The Balaban J connectivity index is 1.69. The summed E-state index contributed by atoms with van der Waals surface area (Å²) in [4.78, 5) is 23.7. The highest BCUT2D eigenvalue weighted by Gasteiger charge is 2.36. The molecule has 108 valence electrons. The van der Waals surface area contributed by atoms with Crippen molar-refractivity contribution in [3.8, 4) is 0 Å². The second-order valence-electron chi connectivity index (χ2n) is 5.24. The van der Waals surface area contributed by atoms with Crippen LogP contribution < -0.4 is 16.4 Å². The number of carbonyl (C=O) groups is 2. The zero-order valence-electron chi connectivity index (χ0n) is 11.5. The molecule has 2 amide bonds. The zero-order valence-corrected chi connectivity index (χ0v) is 11.5. The molecule has 1 saturated carbocycles. The average molecular weight is 275 g/mol. The van der Waals surface area contributed by atoms with Crippen LogP contribution in [0.5, 0.6) is 0 Å². The van der Waals surface area contributed by atoms with Crippen molar-refractivity contribution in [2.24, 2.45) is 5.73 Å². The van der Waals surface area contributed by atoms with E-state index >= 15 is 0 Å². The maximum absolute atomic E-state index is 11.9. The molecule has 0 saturated heterocycles. The van der Waals surface area contributed by atoms with E-state index in [0.717, 1.165) is 25.7 Å². The van der Waals surface area contributed by atoms with Gasteiger partial charge in [-0.25, -0.2) is 0 Å². The molecule has 2 rings (SSSR count). The Bertz CT molecular complexity index is 467. The molecule has 0 radical (unpaired) electrons. The Morgan fingerprint density at radius 3 is 2.30 bits per heavy atom. The normalized spacial score (nSPS) is 16.6. The van der Waals surface area contributed by atoms with Gasteiger partial charge in [-0.05, 0) is 25.0 Å². The Morgan fingerprint density at radius 1 is 1.05 bits per heavy atom. The van der Waals surface area contributed by atoms with Crippen LogP contribution in [-0.4, -0.2) is 30.4 Å². The molecule has 5 nitrogen and oxygen atoms in total. The summed E-state index contributed by atoms with van der Waals surface area (Å²) in [6.45, 7) is 0.798. The summed E-state index contributed by atoms with van der Waals surface area (Å²) in [6.07, 6.45) is 3.51. The average Bonchev–Trinajstić information content (AvgIpc) is 2.92. The standard InChI is InChI=1S/C15H21N3O2/c16-15(8-4-5-9-15)14(20)18-11-10-17-13(19)12-6-2-1-3-7-12/h1-3,6-7H,4-5,8-11,16H2,(H,17,19)(H,18,20). The first-order valence-electron chi connectivity index (χ1n) is 7.02. The number of rotatable bonds is 5. The fourth-order valence-electron chi connectivity index (χ4n) is 2.45. The van der Waals surface area contributed by atoms with E-state index in [1.165, 1.54) is 0 Å². The van der Waals surface area contributed by atoms with Gasteiger partial charge in [0.05, 0.1) is 5.54 Å².